The molecule has 0 spiro atoms. The van der Waals surface area contributed by atoms with Crippen molar-refractivity contribution in [2.75, 3.05) is 17.2 Å². The first kappa shape index (κ1) is 16.8. The molecule has 5 heteroatoms. The van der Waals surface area contributed by atoms with Crippen molar-refractivity contribution in [2.45, 2.75) is 26.4 Å². The van der Waals surface area contributed by atoms with Crippen molar-refractivity contribution < 1.29 is 13.9 Å². The molecule has 0 aromatic heterocycles. The molecule has 0 saturated carbocycles. The van der Waals surface area contributed by atoms with Crippen LogP contribution in [-0.2, 0) is 4.79 Å². The van der Waals surface area contributed by atoms with Crippen LogP contribution >= 0.6 is 0 Å². The molecule has 2 N–H and O–H groups in total. The van der Waals surface area contributed by atoms with Gasteiger partial charge in [0, 0.05) is 18.7 Å². The first-order chi connectivity index (χ1) is 11.0. The Morgan fingerprint density at radius 1 is 1.13 bits per heavy atom. The van der Waals surface area contributed by atoms with Crippen LogP contribution in [0.25, 0.3) is 0 Å². The predicted octanol–water partition coefficient (Wildman–Crippen LogP) is 4.05. The molecule has 0 aliphatic heterocycles. The van der Waals surface area contributed by atoms with Gasteiger partial charge >= 0.3 is 0 Å². The van der Waals surface area contributed by atoms with Crippen LogP contribution in [0.3, 0.4) is 0 Å². The topological polar surface area (TPSA) is 50.4 Å². The van der Waals surface area contributed by atoms with Crippen molar-refractivity contribution in [1.82, 2.24) is 0 Å². The summed E-state index contributed by atoms with van der Waals surface area (Å²) in [6.07, 6.45) is 0.382. The Morgan fingerprint density at radius 2 is 1.83 bits per heavy atom. The van der Waals surface area contributed by atoms with Gasteiger partial charge in [0.25, 0.3) is 0 Å². The lowest BCUT2D eigenvalue weighted by atomic mass is 10.2. The van der Waals surface area contributed by atoms with Gasteiger partial charge in [-0.15, -0.1) is 0 Å². The third kappa shape index (κ3) is 5.62. The quantitative estimate of drug-likeness (QED) is 0.810. The van der Waals surface area contributed by atoms with Gasteiger partial charge < -0.3 is 15.4 Å². The van der Waals surface area contributed by atoms with E-state index < -0.39 is 0 Å². The fraction of sp³-hybridized carbons (Fsp3) is 0.278. The predicted molar refractivity (Wildman–Crippen MR) is 90.3 cm³/mol. The van der Waals surface area contributed by atoms with E-state index >= 15 is 0 Å². The summed E-state index contributed by atoms with van der Waals surface area (Å²) in [4.78, 5) is 11.9. The summed E-state index contributed by atoms with van der Waals surface area (Å²) in [6.45, 7) is 4.41. The number of carbonyl (C=O) groups is 1. The second-order valence-electron chi connectivity index (χ2n) is 5.39. The zero-order valence-corrected chi connectivity index (χ0v) is 13.3. The smallest absolute Gasteiger partial charge is 0.226 e. The average Bonchev–Trinajstić information content (AvgIpc) is 2.51. The van der Waals surface area contributed by atoms with Crippen molar-refractivity contribution >= 4 is 17.3 Å². The van der Waals surface area contributed by atoms with Crippen molar-refractivity contribution in [3.8, 4) is 5.75 Å². The Balaban J connectivity index is 1.82. The molecule has 0 radical (unpaired) electrons. The van der Waals surface area contributed by atoms with Crippen molar-refractivity contribution in [3.63, 3.8) is 0 Å². The first-order valence-corrected chi connectivity index (χ1v) is 7.59. The number of anilines is 2. The molecule has 0 unspecified atom stereocenters. The molecular weight excluding hydrogens is 295 g/mol. The number of nitrogens with one attached hydrogen (secondary N) is 2. The normalized spacial score (nSPS) is 10.4. The molecule has 4 nitrogen and oxygen atoms in total. The molecule has 0 fully saturated rings. The Kier molecular flexibility index (Phi) is 5.97. The number of hydrogen-bond donors (Lipinski definition) is 2. The Bertz CT molecular complexity index is 642. The molecule has 0 aliphatic carbocycles. The van der Waals surface area contributed by atoms with Crippen LogP contribution in [0.1, 0.15) is 20.3 Å². The van der Waals surface area contributed by atoms with Gasteiger partial charge in [-0.1, -0.05) is 12.1 Å². The van der Waals surface area contributed by atoms with Gasteiger partial charge in [0.1, 0.15) is 11.6 Å². The Hall–Kier alpha value is -2.56. The largest absolute Gasteiger partial charge is 0.489 e. The zero-order valence-electron chi connectivity index (χ0n) is 13.3. The van der Waals surface area contributed by atoms with E-state index in [0.29, 0.717) is 18.7 Å². The molecule has 0 bridgehead atoms. The van der Waals surface area contributed by atoms with E-state index in [4.69, 9.17) is 4.74 Å². The third-order valence-electron chi connectivity index (χ3n) is 3.05. The summed E-state index contributed by atoms with van der Waals surface area (Å²) in [5, 5.41) is 5.92. The van der Waals surface area contributed by atoms with E-state index in [1.54, 1.807) is 0 Å². The van der Waals surface area contributed by atoms with E-state index in [2.05, 4.69) is 10.6 Å². The van der Waals surface area contributed by atoms with Gasteiger partial charge in [0.2, 0.25) is 5.91 Å². The Morgan fingerprint density at radius 3 is 2.52 bits per heavy atom. The summed E-state index contributed by atoms with van der Waals surface area (Å²) in [5.41, 5.74) is 1.44. The maximum absolute atomic E-state index is 12.8. The number of carbonyl (C=O) groups excluding carboxylic acids is 1. The van der Waals surface area contributed by atoms with Crippen molar-refractivity contribution in [3.05, 3.63) is 54.3 Å². The summed E-state index contributed by atoms with van der Waals surface area (Å²) in [5.74, 6) is 0.305. The van der Waals surface area contributed by atoms with Gasteiger partial charge in [-0.2, -0.15) is 0 Å². The van der Waals surface area contributed by atoms with Gasteiger partial charge in [0.05, 0.1) is 11.8 Å². The minimum Gasteiger partial charge on any atom is -0.489 e. The molecule has 0 aliphatic rings. The van der Waals surface area contributed by atoms with Gasteiger partial charge in [0.15, 0.2) is 0 Å². The van der Waals surface area contributed by atoms with Crippen molar-refractivity contribution in [1.29, 1.82) is 0 Å². The van der Waals surface area contributed by atoms with Crippen LogP contribution < -0.4 is 15.4 Å². The van der Waals surface area contributed by atoms with Crippen LogP contribution in [0.4, 0.5) is 15.8 Å². The summed E-state index contributed by atoms with van der Waals surface area (Å²) >= 11 is 0. The number of hydrogen-bond acceptors (Lipinski definition) is 3. The average molecular weight is 316 g/mol. The highest BCUT2D eigenvalue weighted by atomic mass is 19.1. The molecule has 2 aromatic carbocycles. The number of ether oxygens (including phenoxy) is 1. The lowest BCUT2D eigenvalue weighted by Crippen LogP contribution is -2.16. The van der Waals surface area contributed by atoms with E-state index in [1.165, 1.54) is 24.3 Å². The van der Waals surface area contributed by atoms with E-state index in [-0.39, 0.29) is 17.8 Å². The van der Waals surface area contributed by atoms with E-state index in [9.17, 15) is 9.18 Å². The second-order valence-corrected chi connectivity index (χ2v) is 5.39. The minimum atomic E-state index is -0.327. The van der Waals surface area contributed by atoms with Crippen molar-refractivity contribution in [2.24, 2.45) is 0 Å². The fourth-order valence-corrected chi connectivity index (χ4v) is 2.04. The van der Waals surface area contributed by atoms with Crippen LogP contribution in [0.2, 0.25) is 0 Å². The molecule has 0 saturated heterocycles. The maximum Gasteiger partial charge on any atom is 0.226 e. The maximum atomic E-state index is 12.8. The number of para-hydroxylation sites is 2. The number of halogens is 1. The summed E-state index contributed by atoms with van der Waals surface area (Å²) < 4.78 is 18.5. The van der Waals surface area contributed by atoms with E-state index in [1.807, 2.05) is 38.1 Å². The number of rotatable bonds is 7. The lowest BCUT2D eigenvalue weighted by Gasteiger charge is -2.15. The number of benzene rings is 2. The standard InChI is InChI=1S/C18H21FN2O2/c1-13(2)23-17-6-4-3-5-16(17)20-12-11-18(22)21-15-9-7-14(19)8-10-15/h3-10,13,20H,11-12H2,1-2H3,(H,21,22). The molecule has 2 aromatic rings. The summed E-state index contributed by atoms with van der Waals surface area (Å²) in [6, 6.07) is 13.3. The molecule has 122 valence electrons. The molecular formula is C18H21FN2O2. The first-order valence-electron chi connectivity index (χ1n) is 7.59. The highest BCUT2D eigenvalue weighted by Gasteiger charge is 2.06. The van der Waals surface area contributed by atoms with Crippen LogP contribution in [-0.4, -0.2) is 18.6 Å². The van der Waals surface area contributed by atoms with Gasteiger partial charge in [-0.05, 0) is 50.2 Å². The number of amides is 1. The highest BCUT2D eigenvalue weighted by molar-refractivity contribution is 5.90. The Labute approximate surface area is 135 Å². The second kappa shape index (κ2) is 8.17. The van der Waals surface area contributed by atoms with Gasteiger partial charge in [-0.3, -0.25) is 4.79 Å². The monoisotopic (exact) mass is 316 g/mol. The molecule has 2 rings (SSSR count). The van der Waals surface area contributed by atoms with Gasteiger partial charge in [-0.25, -0.2) is 4.39 Å². The van der Waals surface area contributed by atoms with Crippen LogP contribution in [0.15, 0.2) is 48.5 Å². The van der Waals surface area contributed by atoms with E-state index in [0.717, 1.165) is 11.4 Å². The van der Waals surface area contributed by atoms with Crippen LogP contribution in [0, 0.1) is 5.82 Å². The zero-order chi connectivity index (χ0) is 16.7. The SMILES string of the molecule is CC(C)Oc1ccccc1NCCC(=O)Nc1ccc(F)cc1. The fourth-order valence-electron chi connectivity index (χ4n) is 2.04. The molecule has 0 heterocycles. The molecule has 0 atom stereocenters. The van der Waals surface area contributed by atoms with Crippen LogP contribution in [0.5, 0.6) is 5.75 Å². The summed E-state index contributed by atoms with van der Waals surface area (Å²) in [7, 11) is 0. The third-order valence-corrected chi connectivity index (χ3v) is 3.05. The lowest BCUT2D eigenvalue weighted by molar-refractivity contribution is -0.115. The minimum absolute atomic E-state index is 0.0831. The molecule has 23 heavy (non-hydrogen) atoms. The highest BCUT2D eigenvalue weighted by Crippen LogP contribution is 2.24. The molecule has 1 amide bonds.